The van der Waals surface area contributed by atoms with Crippen molar-refractivity contribution >= 4 is 28.9 Å². The van der Waals surface area contributed by atoms with E-state index in [0.29, 0.717) is 17.8 Å². The number of carbonyl (C=O) groups is 2. The average Bonchev–Trinajstić information content (AvgIpc) is 3.44. The first-order chi connectivity index (χ1) is 15.2. The molecule has 4 N–H and O–H groups in total. The van der Waals surface area contributed by atoms with Crippen LogP contribution in [0.15, 0.2) is 54.9 Å². The van der Waals surface area contributed by atoms with Crippen LogP contribution < -0.4 is 10.6 Å². The van der Waals surface area contributed by atoms with Gasteiger partial charge in [0.25, 0.3) is 5.91 Å². The lowest BCUT2D eigenvalue weighted by atomic mass is 9.95. The van der Waals surface area contributed by atoms with Gasteiger partial charge in [-0.05, 0) is 37.1 Å². The van der Waals surface area contributed by atoms with E-state index in [9.17, 15) is 9.59 Å². The number of aromatic amines is 2. The predicted molar refractivity (Wildman–Crippen MR) is 115 cm³/mol. The molecule has 4 aromatic rings. The summed E-state index contributed by atoms with van der Waals surface area (Å²) >= 11 is 0. The van der Waals surface area contributed by atoms with Crippen molar-refractivity contribution in [3.05, 3.63) is 71.8 Å². The number of ketones is 1. The van der Waals surface area contributed by atoms with Crippen LogP contribution in [0, 0.1) is 0 Å². The average molecular weight is 413 g/mol. The van der Waals surface area contributed by atoms with Gasteiger partial charge in [0.2, 0.25) is 0 Å². The van der Waals surface area contributed by atoms with Crippen LogP contribution in [0.25, 0.3) is 11.3 Å². The predicted octanol–water partition coefficient (Wildman–Crippen LogP) is 3.71. The maximum absolute atomic E-state index is 12.7. The number of fused-ring (bicyclic) bond motifs is 1. The summed E-state index contributed by atoms with van der Waals surface area (Å²) in [6, 6.07) is 13.3. The number of aryl methyl sites for hydroxylation is 1. The molecule has 0 fully saturated rings. The van der Waals surface area contributed by atoms with Crippen LogP contribution in [0.2, 0.25) is 0 Å². The fourth-order valence-corrected chi connectivity index (χ4v) is 3.75. The Hall–Kier alpha value is -4.27. The maximum atomic E-state index is 12.7. The molecule has 9 heteroatoms. The Kier molecular flexibility index (Phi) is 4.75. The van der Waals surface area contributed by atoms with Gasteiger partial charge < -0.3 is 15.6 Å². The molecular weight excluding hydrogens is 394 g/mol. The minimum atomic E-state index is -0.391. The normalized spacial score (nSPS) is 13.0. The van der Waals surface area contributed by atoms with E-state index in [-0.39, 0.29) is 11.5 Å². The Labute approximate surface area is 177 Å². The molecule has 1 aliphatic carbocycles. The van der Waals surface area contributed by atoms with E-state index in [2.05, 4.69) is 36.0 Å². The second kappa shape index (κ2) is 7.86. The van der Waals surface area contributed by atoms with E-state index in [4.69, 9.17) is 0 Å². The summed E-state index contributed by atoms with van der Waals surface area (Å²) in [6.07, 6.45) is 5.12. The first-order valence-corrected chi connectivity index (χ1v) is 9.93. The molecule has 0 saturated heterocycles. The quantitative estimate of drug-likeness (QED) is 0.395. The van der Waals surface area contributed by atoms with E-state index < -0.39 is 5.91 Å². The molecule has 0 bridgehead atoms. The molecule has 9 nitrogen and oxygen atoms in total. The molecule has 0 unspecified atom stereocenters. The third-order valence-corrected chi connectivity index (χ3v) is 5.18. The second-order valence-corrected chi connectivity index (χ2v) is 7.25. The highest BCUT2D eigenvalue weighted by Gasteiger charge is 2.27. The molecular formula is C22H19N7O2. The smallest absolute Gasteiger partial charge is 0.276 e. The summed E-state index contributed by atoms with van der Waals surface area (Å²) in [7, 11) is 0. The molecule has 5 rings (SSSR count). The molecule has 1 aliphatic rings. The van der Waals surface area contributed by atoms with Crippen LogP contribution in [0.3, 0.4) is 0 Å². The lowest BCUT2D eigenvalue weighted by Crippen LogP contribution is -2.13. The van der Waals surface area contributed by atoms with Gasteiger partial charge in [-0.3, -0.25) is 14.7 Å². The second-order valence-electron chi connectivity index (χ2n) is 7.25. The lowest BCUT2D eigenvalue weighted by Gasteiger charge is -2.14. The Balaban J connectivity index is 1.54. The number of H-pyrrole nitrogens is 2. The number of nitrogens with one attached hydrogen (secondary N) is 4. The third kappa shape index (κ3) is 3.68. The number of anilines is 3. The van der Waals surface area contributed by atoms with Crippen molar-refractivity contribution in [2.75, 3.05) is 10.6 Å². The largest absolute Gasteiger partial charge is 0.356 e. The number of rotatable bonds is 5. The fraction of sp³-hybridized carbons (Fsp3) is 0.136. The van der Waals surface area contributed by atoms with Crippen molar-refractivity contribution in [2.24, 2.45) is 0 Å². The number of nitrogens with zero attached hydrogens (tertiary/aromatic N) is 3. The fourth-order valence-electron chi connectivity index (χ4n) is 3.75. The molecule has 3 heterocycles. The summed E-state index contributed by atoms with van der Waals surface area (Å²) in [5.41, 5.74) is 5.08. The summed E-state index contributed by atoms with van der Waals surface area (Å²) in [4.78, 5) is 32.7. The molecule has 0 spiro atoms. The molecule has 0 atom stereocenters. The Morgan fingerprint density at radius 2 is 1.97 bits per heavy atom. The van der Waals surface area contributed by atoms with Gasteiger partial charge in [0.05, 0.1) is 23.1 Å². The van der Waals surface area contributed by atoms with Gasteiger partial charge in [-0.15, -0.1) is 5.10 Å². The molecule has 1 aromatic carbocycles. The molecule has 1 amide bonds. The third-order valence-electron chi connectivity index (χ3n) is 5.18. The van der Waals surface area contributed by atoms with Gasteiger partial charge in [-0.2, -0.15) is 0 Å². The van der Waals surface area contributed by atoms with Crippen LogP contribution in [0.5, 0.6) is 0 Å². The number of aromatic nitrogens is 5. The van der Waals surface area contributed by atoms with Crippen molar-refractivity contribution in [3.8, 4) is 11.3 Å². The van der Waals surface area contributed by atoms with Crippen LogP contribution in [-0.4, -0.2) is 37.1 Å². The van der Waals surface area contributed by atoms with Gasteiger partial charge in [0.15, 0.2) is 5.78 Å². The molecule has 3 aromatic heterocycles. The van der Waals surface area contributed by atoms with Gasteiger partial charge in [-0.1, -0.05) is 23.4 Å². The van der Waals surface area contributed by atoms with E-state index in [1.165, 1.54) is 6.20 Å². The van der Waals surface area contributed by atoms with Gasteiger partial charge in [0, 0.05) is 29.6 Å². The maximum Gasteiger partial charge on any atom is 0.276 e. The highest BCUT2D eigenvalue weighted by molar-refractivity contribution is 6.07. The highest BCUT2D eigenvalue weighted by Crippen LogP contribution is 2.39. The van der Waals surface area contributed by atoms with Crippen LogP contribution in [0.4, 0.5) is 17.2 Å². The molecule has 154 valence electrons. The zero-order chi connectivity index (χ0) is 21.2. The van der Waals surface area contributed by atoms with Crippen molar-refractivity contribution in [3.63, 3.8) is 0 Å². The number of amides is 1. The molecule has 0 radical (unpaired) electrons. The number of hydrogen-bond donors (Lipinski definition) is 4. The summed E-state index contributed by atoms with van der Waals surface area (Å²) < 4.78 is 0. The standard InChI is InChI=1S/C22H19N7O2/c30-17-8-4-7-15-19(17)21(25-14-5-2-1-3-6-14)20(26-15)13-9-10-23-18(11-13)27-22(31)16-12-24-29-28-16/h1-3,5-6,9-12,25-26H,4,7-8H2,(H,23,27,31)(H,24,28,29). The SMILES string of the molecule is O=C(Nc1cc(-c2[nH]c3c(c2Nc2ccccc2)C(=O)CCC3)ccn1)c1cnn[nH]1. The minimum Gasteiger partial charge on any atom is -0.356 e. The van der Waals surface area contributed by atoms with Crippen LogP contribution in [0.1, 0.15) is 39.4 Å². The monoisotopic (exact) mass is 413 g/mol. The number of hydrogen-bond acceptors (Lipinski definition) is 6. The minimum absolute atomic E-state index is 0.122. The van der Waals surface area contributed by atoms with Crippen molar-refractivity contribution < 1.29 is 9.59 Å². The lowest BCUT2D eigenvalue weighted by molar-refractivity contribution is 0.0972. The molecule has 31 heavy (non-hydrogen) atoms. The molecule has 0 aliphatic heterocycles. The van der Waals surface area contributed by atoms with Crippen LogP contribution >= 0.6 is 0 Å². The van der Waals surface area contributed by atoms with Crippen LogP contribution in [-0.2, 0) is 6.42 Å². The van der Waals surface area contributed by atoms with E-state index in [1.54, 1.807) is 12.3 Å². The van der Waals surface area contributed by atoms with E-state index >= 15 is 0 Å². The Morgan fingerprint density at radius 3 is 2.77 bits per heavy atom. The number of para-hydroxylation sites is 1. The first kappa shape index (κ1) is 18.7. The Morgan fingerprint density at radius 1 is 1.10 bits per heavy atom. The number of pyridine rings is 1. The topological polar surface area (TPSA) is 128 Å². The van der Waals surface area contributed by atoms with E-state index in [0.717, 1.165) is 41.2 Å². The highest BCUT2D eigenvalue weighted by atomic mass is 16.2. The summed E-state index contributed by atoms with van der Waals surface area (Å²) in [5.74, 6) is 0.108. The zero-order valence-corrected chi connectivity index (χ0v) is 16.5. The summed E-state index contributed by atoms with van der Waals surface area (Å²) in [5, 5.41) is 15.8. The van der Waals surface area contributed by atoms with Crippen molar-refractivity contribution in [1.29, 1.82) is 0 Å². The number of Topliss-reactive ketones (excluding diaryl/α,β-unsaturated/α-hetero) is 1. The number of benzene rings is 1. The van der Waals surface area contributed by atoms with Gasteiger partial charge in [0.1, 0.15) is 11.5 Å². The van der Waals surface area contributed by atoms with E-state index in [1.807, 2.05) is 36.4 Å². The molecule has 0 saturated carbocycles. The van der Waals surface area contributed by atoms with Gasteiger partial charge >= 0.3 is 0 Å². The van der Waals surface area contributed by atoms with Crippen molar-refractivity contribution in [2.45, 2.75) is 19.3 Å². The Bertz CT molecular complexity index is 1250. The van der Waals surface area contributed by atoms with Crippen molar-refractivity contribution in [1.82, 2.24) is 25.4 Å². The zero-order valence-electron chi connectivity index (χ0n) is 16.5. The first-order valence-electron chi connectivity index (χ1n) is 9.93. The number of carbonyl (C=O) groups excluding carboxylic acids is 2. The summed E-state index contributed by atoms with van der Waals surface area (Å²) in [6.45, 7) is 0. The van der Waals surface area contributed by atoms with Gasteiger partial charge in [-0.25, -0.2) is 4.98 Å².